The molecule has 4 rings (SSSR count). The summed E-state index contributed by atoms with van der Waals surface area (Å²) in [6.45, 7) is 6.26. The molecule has 0 unspecified atom stereocenters. The van der Waals surface area contributed by atoms with E-state index >= 15 is 0 Å². The molecule has 0 fully saturated rings. The highest BCUT2D eigenvalue weighted by Crippen LogP contribution is 2.40. The van der Waals surface area contributed by atoms with Crippen molar-refractivity contribution in [2.45, 2.75) is 20.8 Å². The molecule has 1 heterocycles. The fourth-order valence-electron chi connectivity index (χ4n) is 4.02. The molecular formula is C28H26ClNO4. The number of benzene rings is 3. The first-order valence-electron chi connectivity index (χ1n) is 11.0. The maximum Gasteiger partial charge on any atom is 0.248 e. The normalized spacial score (nSPS) is 11.5. The smallest absolute Gasteiger partial charge is 0.248 e. The van der Waals surface area contributed by atoms with E-state index in [9.17, 15) is 4.79 Å². The van der Waals surface area contributed by atoms with Crippen LogP contribution in [-0.2, 0) is 4.79 Å². The van der Waals surface area contributed by atoms with E-state index in [1.165, 1.54) is 0 Å². The molecule has 1 N–H and O–H groups in total. The van der Waals surface area contributed by atoms with Crippen LogP contribution in [0.2, 0.25) is 5.02 Å². The van der Waals surface area contributed by atoms with Gasteiger partial charge in [-0.3, -0.25) is 4.79 Å². The van der Waals surface area contributed by atoms with Crippen LogP contribution >= 0.6 is 11.6 Å². The van der Waals surface area contributed by atoms with Crippen molar-refractivity contribution in [2.24, 2.45) is 0 Å². The average molecular weight is 476 g/mol. The van der Waals surface area contributed by atoms with Crippen LogP contribution in [0, 0.1) is 6.92 Å². The average Bonchev–Trinajstić information content (AvgIpc) is 3.25. The maximum absolute atomic E-state index is 12.9. The molecule has 174 valence electrons. The largest absolute Gasteiger partial charge is 0.496 e. The van der Waals surface area contributed by atoms with E-state index in [-0.39, 0.29) is 5.91 Å². The number of methoxy groups -OCH3 is 1. The van der Waals surface area contributed by atoms with Gasteiger partial charge in [-0.15, -0.1) is 0 Å². The summed E-state index contributed by atoms with van der Waals surface area (Å²) in [6, 6.07) is 17.0. The number of ether oxygens (including phenoxy) is 2. The lowest BCUT2D eigenvalue weighted by atomic mass is 9.96. The van der Waals surface area contributed by atoms with Gasteiger partial charge in [-0.1, -0.05) is 35.9 Å². The third kappa shape index (κ3) is 4.66. The maximum atomic E-state index is 12.9. The molecule has 0 radical (unpaired) electrons. The molecule has 5 nitrogen and oxygen atoms in total. The van der Waals surface area contributed by atoms with Crippen LogP contribution in [0.25, 0.3) is 27.7 Å². The Morgan fingerprint density at radius 1 is 1.15 bits per heavy atom. The van der Waals surface area contributed by atoms with Crippen LogP contribution in [0.4, 0.5) is 5.69 Å². The van der Waals surface area contributed by atoms with Crippen molar-refractivity contribution in [1.82, 2.24) is 0 Å². The van der Waals surface area contributed by atoms with Gasteiger partial charge in [0.25, 0.3) is 0 Å². The molecule has 1 aromatic heterocycles. The van der Waals surface area contributed by atoms with Gasteiger partial charge < -0.3 is 19.2 Å². The summed E-state index contributed by atoms with van der Waals surface area (Å²) >= 11 is 6.06. The fourth-order valence-corrected chi connectivity index (χ4v) is 4.15. The Labute approximate surface area is 203 Å². The first-order valence-corrected chi connectivity index (χ1v) is 11.4. The van der Waals surface area contributed by atoms with Crippen LogP contribution in [0.15, 0.2) is 71.4 Å². The molecule has 6 heteroatoms. The molecule has 0 aliphatic heterocycles. The van der Waals surface area contributed by atoms with Crippen molar-refractivity contribution in [3.8, 4) is 22.6 Å². The molecule has 0 bridgehead atoms. The van der Waals surface area contributed by atoms with Gasteiger partial charge in [-0.05, 0) is 62.2 Å². The minimum absolute atomic E-state index is 0.255. The van der Waals surface area contributed by atoms with E-state index in [1.807, 2.05) is 75.4 Å². The highest BCUT2D eigenvalue weighted by Gasteiger charge is 2.19. The van der Waals surface area contributed by atoms with Crippen molar-refractivity contribution in [1.29, 1.82) is 0 Å². The monoisotopic (exact) mass is 475 g/mol. The van der Waals surface area contributed by atoms with Gasteiger partial charge in [0.2, 0.25) is 5.91 Å². The number of hydrogen-bond donors (Lipinski definition) is 1. The number of amides is 1. The fraction of sp³-hybridized carbons (Fsp3) is 0.179. The number of fused-ring (bicyclic) bond motifs is 1. The van der Waals surface area contributed by atoms with Crippen molar-refractivity contribution in [3.63, 3.8) is 0 Å². The van der Waals surface area contributed by atoms with Crippen LogP contribution < -0.4 is 14.8 Å². The third-order valence-electron chi connectivity index (χ3n) is 5.62. The number of halogens is 1. The zero-order chi connectivity index (χ0) is 24.2. The first-order chi connectivity index (χ1) is 16.4. The molecule has 4 aromatic rings. The third-order valence-corrected chi connectivity index (χ3v) is 5.87. The lowest BCUT2D eigenvalue weighted by Crippen LogP contribution is -2.10. The summed E-state index contributed by atoms with van der Waals surface area (Å²) in [5.74, 6) is 1.04. The summed E-state index contributed by atoms with van der Waals surface area (Å²) in [5, 5.41) is 4.52. The predicted molar refractivity (Wildman–Crippen MR) is 138 cm³/mol. The molecule has 0 aliphatic carbocycles. The number of carbonyl (C=O) groups is 1. The Bertz CT molecular complexity index is 1370. The van der Waals surface area contributed by atoms with E-state index in [4.69, 9.17) is 25.5 Å². The lowest BCUT2D eigenvalue weighted by Gasteiger charge is -2.14. The molecule has 0 atom stereocenters. The molecule has 0 saturated heterocycles. The zero-order valence-corrected chi connectivity index (χ0v) is 20.3. The van der Waals surface area contributed by atoms with Crippen LogP contribution in [0.1, 0.15) is 25.0 Å². The van der Waals surface area contributed by atoms with Crippen molar-refractivity contribution in [3.05, 3.63) is 83.1 Å². The number of nitrogens with one attached hydrogen (secondary N) is 1. The van der Waals surface area contributed by atoms with Gasteiger partial charge in [0.05, 0.1) is 25.7 Å². The molecule has 0 aliphatic rings. The molecule has 0 spiro atoms. The Balaban J connectivity index is 1.74. The molecule has 1 amide bonds. The number of anilines is 1. The number of carbonyl (C=O) groups excluding carboxylic acids is 1. The van der Waals surface area contributed by atoms with E-state index in [2.05, 4.69) is 5.32 Å². The molecule has 3 aromatic carbocycles. The van der Waals surface area contributed by atoms with E-state index < -0.39 is 0 Å². The van der Waals surface area contributed by atoms with E-state index in [1.54, 1.807) is 19.4 Å². The SMILES string of the molecule is CCOc1ccccc1NC(=O)/C=C(\C)c1cc2c(-c3ccc(Cl)cc3)coc2c(C)c1OC. The van der Waals surface area contributed by atoms with Crippen molar-refractivity contribution < 1.29 is 18.7 Å². The van der Waals surface area contributed by atoms with Crippen molar-refractivity contribution >= 4 is 39.7 Å². The number of aryl methyl sites for hydroxylation is 1. The highest BCUT2D eigenvalue weighted by atomic mass is 35.5. The van der Waals surface area contributed by atoms with Crippen LogP contribution in [0.3, 0.4) is 0 Å². The van der Waals surface area contributed by atoms with Gasteiger partial charge in [0, 0.05) is 33.2 Å². The minimum atomic E-state index is -0.255. The van der Waals surface area contributed by atoms with Gasteiger partial charge in [-0.2, -0.15) is 0 Å². The Morgan fingerprint density at radius 3 is 2.59 bits per heavy atom. The summed E-state index contributed by atoms with van der Waals surface area (Å²) in [7, 11) is 1.62. The molecule has 0 saturated carbocycles. The Kier molecular flexibility index (Phi) is 6.94. The summed E-state index contributed by atoms with van der Waals surface area (Å²) in [6.07, 6.45) is 3.30. The summed E-state index contributed by atoms with van der Waals surface area (Å²) < 4.78 is 17.2. The molecule has 34 heavy (non-hydrogen) atoms. The summed E-state index contributed by atoms with van der Waals surface area (Å²) in [4.78, 5) is 12.9. The standard InChI is InChI=1S/C28H26ClNO4/c1-5-33-25-9-7-6-8-24(25)30-26(31)14-17(2)21-15-22-23(19-10-12-20(29)13-11-19)16-34-28(22)18(3)27(21)32-4/h6-16H,5H2,1-4H3,(H,30,31)/b17-14+. The van der Waals surface area contributed by atoms with Gasteiger partial charge in [0.1, 0.15) is 17.1 Å². The Hall–Kier alpha value is -3.70. The molecular weight excluding hydrogens is 450 g/mol. The number of rotatable bonds is 7. The van der Waals surface area contributed by atoms with E-state index in [0.717, 1.165) is 38.8 Å². The predicted octanol–water partition coefficient (Wildman–Crippen LogP) is 7.51. The van der Waals surface area contributed by atoms with Gasteiger partial charge in [0.15, 0.2) is 0 Å². The Morgan fingerprint density at radius 2 is 1.88 bits per heavy atom. The van der Waals surface area contributed by atoms with Crippen LogP contribution in [0.5, 0.6) is 11.5 Å². The first kappa shape index (κ1) is 23.5. The summed E-state index contributed by atoms with van der Waals surface area (Å²) in [5.41, 5.74) is 5.75. The van der Waals surface area contributed by atoms with Gasteiger partial charge in [-0.25, -0.2) is 0 Å². The number of hydrogen-bond acceptors (Lipinski definition) is 4. The lowest BCUT2D eigenvalue weighted by molar-refractivity contribution is -0.111. The topological polar surface area (TPSA) is 60.7 Å². The van der Waals surface area contributed by atoms with Gasteiger partial charge >= 0.3 is 0 Å². The van der Waals surface area contributed by atoms with Crippen LogP contribution in [-0.4, -0.2) is 19.6 Å². The zero-order valence-electron chi connectivity index (χ0n) is 19.6. The second-order valence-electron chi connectivity index (χ2n) is 7.86. The highest BCUT2D eigenvalue weighted by molar-refractivity contribution is 6.30. The second kappa shape index (κ2) is 10.1. The number of para-hydroxylation sites is 2. The van der Waals surface area contributed by atoms with E-state index in [0.29, 0.717) is 28.8 Å². The number of furan rings is 1. The second-order valence-corrected chi connectivity index (χ2v) is 8.30. The quantitative estimate of drug-likeness (QED) is 0.281. The number of allylic oxidation sites excluding steroid dienone is 1. The van der Waals surface area contributed by atoms with Crippen molar-refractivity contribution in [2.75, 3.05) is 19.0 Å². The minimum Gasteiger partial charge on any atom is -0.496 e.